The highest BCUT2D eigenvalue weighted by Gasteiger charge is 2.36. The number of anilines is 1. The SMILES string of the molecule is C=CC(=O)N1C[C@H](OC)C[C@H]1COc1c(N)ncnc1-c1cc(F)cc(-c2c(C3CC3)ccc(C(N)=O)c2F)c1C. The summed E-state index contributed by atoms with van der Waals surface area (Å²) in [6.07, 6.45) is 4.55. The zero-order valence-corrected chi connectivity index (χ0v) is 22.8. The zero-order chi connectivity index (χ0) is 29.4. The first-order valence-electron chi connectivity index (χ1n) is 13.3. The van der Waals surface area contributed by atoms with Crippen molar-refractivity contribution in [2.75, 3.05) is 26.0 Å². The number of benzene rings is 2. The molecule has 0 radical (unpaired) electrons. The van der Waals surface area contributed by atoms with Crippen LogP contribution in [-0.4, -0.2) is 59.1 Å². The van der Waals surface area contributed by atoms with Crippen molar-refractivity contribution in [2.24, 2.45) is 5.73 Å². The Morgan fingerprint density at radius 1 is 1.20 bits per heavy atom. The molecule has 3 aromatic rings. The summed E-state index contributed by atoms with van der Waals surface area (Å²) < 4.78 is 42.6. The van der Waals surface area contributed by atoms with Gasteiger partial charge in [0.2, 0.25) is 5.91 Å². The number of amides is 2. The molecule has 0 unspecified atom stereocenters. The average Bonchev–Trinajstić information content (AvgIpc) is 3.71. The van der Waals surface area contributed by atoms with Gasteiger partial charge >= 0.3 is 0 Å². The van der Waals surface area contributed by atoms with Gasteiger partial charge in [-0.2, -0.15) is 0 Å². The number of primary amides is 1. The lowest BCUT2D eigenvalue weighted by Gasteiger charge is -2.24. The van der Waals surface area contributed by atoms with E-state index in [1.807, 2.05) is 0 Å². The number of likely N-dealkylation sites (tertiary alicyclic amines) is 1. The number of rotatable bonds is 9. The van der Waals surface area contributed by atoms with E-state index in [4.69, 9.17) is 20.9 Å². The van der Waals surface area contributed by atoms with E-state index in [2.05, 4.69) is 16.5 Å². The van der Waals surface area contributed by atoms with Gasteiger partial charge in [0.15, 0.2) is 11.6 Å². The fraction of sp³-hybridized carbons (Fsp3) is 0.333. The van der Waals surface area contributed by atoms with Crippen LogP contribution >= 0.6 is 0 Å². The number of ether oxygens (including phenoxy) is 2. The fourth-order valence-corrected chi connectivity index (χ4v) is 5.46. The Kier molecular flexibility index (Phi) is 7.72. The number of carbonyl (C=O) groups is 2. The Morgan fingerprint density at radius 3 is 2.59 bits per heavy atom. The van der Waals surface area contributed by atoms with Crippen molar-refractivity contribution in [2.45, 2.75) is 44.2 Å². The number of hydrogen-bond donors (Lipinski definition) is 2. The molecule has 2 fully saturated rings. The molecule has 1 aliphatic carbocycles. The van der Waals surface area contributed by atoms with Crippen LogP contribution in [0.3, 0.4) is 0 Å². The van der Waals surface area contributed by atoms with Crippen LogP contribution in [0.2, 0.25) is 0 Å². The number of nitrogens with zero attached hydrogens (tertiary/aromatic N) is 3. The first kappa shape index (κ1) is 28.2. The van der Waals surface area contributed by atoms with Gasteiger partial charge in [0.25, 0.3) is 5.91 Å². The number of nitrogens with two attached hydrogens (primary N) is 2. The van der Waals surface area contributed by atoms with Crippen LogP contribution < -0.4 is 16.2 Å². The molecule has 1 saturated carbocycles. The summed E-state index contributed by atoms with van der Waals surface area (Å²) in [4.78, 5) is 34.4. The smallest absolute Gasteiger partial charge is 0.251 e. The van der Waals surface area contributed by atoms with Gasteiger partial charge in [-0.25, -0.2) is 18.7 Å². The maximum atomic E-state index is 15.8. The van der Waals surface area contributed by atoms with Crippen LogP contribution in [-0.2, 0) is 9.53 Å². The van der Waals surface area contributed by atoms with Crippen LogP contribution in [0.5, 0.6) is 5.75 Å². The third-order valence-corrected chi connectivity index (χ3v) is 7.77. The number of nitrogen functional groups attached to an aromatic ring is 1. The average molecular weight is 564 g/mol. The van der Waals surface area contributed by atoms with E-state index in [9.17, 15) is 9.59 Å². The molecule has 0 spiro atoms. The molecule has 0 bridgehead atoms. The van der Waals surface area contributed by atoms with E-state index in [-0.39, 0.29) is 64.5 Å². The van der Waals surface area contributed by atoms with E-state index in [1.54, 1.807) is 25.0 Å². The zero-order valence-electron chi connectivity index (χ0n) is 22.8. The van der Waals surface area contributed by atoms with Crippen molar-refractivity contribution in [3.8, 4) is 28.1 Å². The van der Waals surface area contributed by atoms with Crippen LogP contribution in [0.1, 0.15) is 46.7 Å². The highest BCUT2D eigenvalue weighted by Crippen LogP contribution is 2.48. The lowest BCUT2D eigenvalue weighted by Crippen LogP contribution is -2.38. The second kappa shape index (κ2) is 11.2. The Balaban J connectivity index is 1.57. The molecule has 2 aromatic carbocycles. The first-order chi connectivity index (χ1) is 19.6. The molecule has 2 amide bonds. The topological polar surface area (TPSA) is 134 Å². The van der Waals surface area contributed by atoms with Gasteiger partial charge in [-0.05, 0) is 73.1 Å². The summed E-state index contributed by atoms with van der Waals surface area (Å²) in [5, 5.41) is 0. The summed E-state index contributed by atoms with van der Waals surface area (Å²) in [6, 6.07) is 5.22. The normalized spacial score (nSPS) is 18.4. The Labute approximate surface area is 236 Å². The molecule has 4 N–H and O–H groups in total. The molecule has 1 aromatic heterocycles. The van der Waals surface area contributed by atoms with Crippen LogP contribution in [0.25, 0.3) is 22.4 Å². The summed E-state index contributed by atoms with van der Waals surface area (Å²) in [5.41, 5.74) is 13.5. The van der Waals surface area contributed by atoms with Crippen molar-refractivity contribution in [1.29, 1.82) is 0 Å². The highest BCUT2D eigenvalue weighted by atomic mass is 19.1. The van der Waals surface area contributed by atoms with E-state index < -0.39 is 17.5 Å². The van der Waals surface area contributed by atoms with Gasteiger partial charge in [0.1, 0.15) is 30.3 Å². The van der Waals surface area contributed by atoms with Crippen molar-refractivity contribution in [1.82, 2.24) is 14.9 Å². The van der Waals surface area contributed by atoms with Crippen molar-refractivity contribution >= 4 is 17.6 Å². The summed E-state index contributed by atoms with van der Waals surface area (Å²) in [5.74, 6) is -2.38. The third kappa shape index (κ3) is 5.37. The van der Waals surface area contributed by atoms with E-state index in [0.29, 0.717) is 29.7 Å². The maximum absolute atomic E-state index is 15.8. The second-order valence-electron chi connectivity index (χ2n) is 10.3. The number of methoxy groups -OCH3 is 1. The molecule has 214 valence electrons. The molecule has 2 aliphatic rings. The Bertz CT molecular complexity index is 1540. The molecule has 2 heterocycles. The van der Waals surface area contributed by atoms with Gasteiger partial charge in [-0.15, -0.1) is 0 Å². The van der Waals surface area contributed by atoms with Gasteiger partial charge in [0, 0.05) is 24.8 Å². The monoisotopic (exact) mass is 563 g/mol. The lowest BCUT2D eigenvalue weighted by atomic mass is 9.88. The van der Waals surface area contributed by atoms with Gasteiger partial charge in [-0.1, -0.05) is 12.6 Å². The van der Waals surface area contributed by atoms with Crippen LogP contribution in [0.4, 0.5) is 14.6 Å². The lowest BCUT2D eigenvalue weighted by molar-refractivity contribution is -0.127. The standard InChI is InChI=1S/C30H31F2N5O4/c1-4-24(38)37-12-19(40-3)11-18(37)13-41-28-27(35-14-36-29(28)33)23-10-17(31)9-22(15(23)2)25-20(16-5-6-16)7-8-21(26(25)32)30(34)39/h4,7-10,14,16,18-19H,1,5-6,11-13H2,2-3H3,(H2,34,39)(H2,33,35,36)/t18-,19+/m0/s1. The molecule has 1 aliphatic heterocycles. The van der Waals surface area contributed by atoms with Crippen molar-refractivity contribution in [3.05, 3.63) is 71.6 Å². The predicted molar refractivity (Wildman–Crippen MR) is 149 cm³/mol. The molecule has 5 rings (SSSR count). The maximum Gasteiger partial charge on any atom is 0.251 e. The summed E-state index contributed by atoms with van der Waals surface area (Å²) in [7, 11) is 1.58. The number of hydrogen-bond acceptors (Lipinski definition) is 7. The second-order valence-corrected chi connectivity index (χ2v) is 10.3. The predicted octanol–water partition coefficient (Wildman–Crippen LogP) is 4.14. The minimum atomic E-state index is -0.911. The molecule has 41 heavy (non-hydrogen) atoms. The highest BCUT2D eigenvalue weighted by molar-refractivity contribution is 5.95. The van der Waals surface area contributed by atoms with Gasteiger partial charge in [0.05, 0.1) is 17.7 Å². The molecule has 9 nitrogen and oxygen atoms in total. The number of halogens is 2. The van der Waals surface area contributed by atoms with E-state index in [1.165, 1.54) is 30.6 Å². The largest absolute Gasteiger partial charge is 0.485 e. The minimum absolute atomic E-state index is 0.0173. The van der Waals surface area contributed by atoms with Crippen LogP contribution in [0.15, 0.2) is 43.2 Å². The van der Waals surface area contributed by atoms with Gasteiger partial charge < -0.3 is 25.8 Å². The van der Waals surface area contributed by atoms with E-state index in [0.717, 1.165) is 12.8 Å². The minimum Gasteiger partial charge on any atom is -0.485 e. The van der Waals surface area contributed by atoms with E-state index >= 15 is 8.78 Å². The number of carbonyl (C=O) groups excluding carboxylic acids is 2. The first-order valence-corrected chi connectivity index (χ1v) is 13.3. The molecular formula is C30H31F2N5O4. The Hall–Kier alpha value is -4.38. The third-order valence-electron chi connectivity index (χ3n) is 7.77. The summed E-state index contributed by atoms with van der Waals surface area (Å²) >= 11 is 0. The van der Waals surface area contributed by atoms with Crippen molar-refractivity contribution in [3.63, 3.8) is 0 Å². The molecule has 2 atom stereocenters. The van der Waals surface area contributed by atoms with Gasteiger partial charge in [-0.3, -0.25) is 9.59 Å². The van der Waals surface area contributed by atoms with Crippen molar-refractivity contribution < 1.29 is 27.8 Å². The molecule has 11 heteroatoms. The summed E-state index contributed by atoms with van der Waals surface area (Å²) in [6.45, 7) is 5.71. The number of aromatic nitrogens is 2. The molecule has 1 saturated heterocycles. The quantitative estimate of drug-likeness (QED) is 0.374. The van der Waals surface area contributed by atoms with Crippen LogP contribution in [0, 0.1) is 18.6 Å². The Morgan fingerprint density at radius 2 is 1.93 bits per heavy atom. The molecular weight excluding hydrogens is 532 g/mol. The fourth-order valence-electron chi connectivity index (χ4n) is 5.46.